The number of carboxylic acids is 1. The number of carboxylic acid groups (broad SMARTS) is 1. The number of halogens is 3. The van der Waals surface area contributed by atoms with Crippen molar-refractivity contribution in [2.45, 2.75) is 32.5 Å². The van der Waals surface area contributed by atoms with Gasteiger partial charge in [-0.25, -0.2) is 9.78 Å². The van der Waals surface area contributed by atoms with E-state index in [9.17, 15) is 18.0 Å². The molecule has 1 saturated heterocycles. The minimum atomic E-state index is -5.08. The van der Waals surface area contributed by atoms with Crippen molar-refractivity contribution in [1.82, 2.24) is 15.3 Å². The molecule has 1 aliphatic rings. The van der Waals surface area contributed by atoms with Crippen LogP contribution >= 0.6 is 0 Å². The molecule has 0 bridgehead atoms. The van der Waals surface area contributed by atoms with Crippen LogP contribution < -0.4 is 25.0 Å². The van der Waals surface area contributed by atoms with Crippen LogP contribution in [-0.2, 0) is 16.1 Å². The van der Waals surface area contributed by atoms with Crippen LogP contribution in [0.1, 0.15) is 24.0 Å². The van der Waals surface area contributed by atoms with Crippen LogP contribution in [0.2, 0.25) is 0 Å². The first-order valence-corrected chi connectivity index (χ1v) is 12.7. The number of piperidine rings is 1. The summed E-state index contributed by atoms with van der Waals surface area (Å²) in [5.74, 6) is -0.182. The average Bonchev–Trinajstić information content (AvgIpc) is 2.96. The fourth-order valence-electron chi connectivity index (χ4n) is 4.07. The number of aliphatic carboxylic acids is 1. The Morgan fingerprint density at radius 1 is 1.07 bits per heavy atom. The van der Waals surface area contributed by atoms with E-state index >= 15 is 0 Å². The van der Waals surface area contributed by atoms with Crippen LogP contribution in [0.3, 0.4) is 0 Å². The van der Waals surface area contributed by atoms with Gasteiger partial charge in [-0.1, -0.05) is 29.8 Å². The van der Waals surface area contributed by atoms with E-state index in [0.717, 1.165) is 36.5 Å². The number of carbonyl (C=O) groups excluding carboxylic acids is 1. The Bertz CT molecular complexity index is 1320. The fraction of sp³-hybridized carbons (Fsp3) is 0.357. The van der Waals surface area contributed by atoms with Gasteiger partial charge in [0.05, 0.1) is 20.1 Å². The quantitative estimate of drug-likeness (QED) is 0.350. The highest BCUT2D eigenvalue weighted by molar-refractivity contribution is 5.79. The molecule has 1 aliphatic heterocycles. The third kappa shape index (κ3) is 9.26. The molecule has 41 heavy (non-hydrogen) atoms. The predicted molar refractivity (Wildman–Crippen MR) is 147 cm³/mol. The first kappa shape index (κ1) is 31.0. The van der Waals surface area contributed by atoms with Crippen LogP contribution in [0.4, 0.5) is 30.6 Å². The van der Waals surface area contributed by atoms with Crippen LogP contribution in [-0.4, -0.2) is 60.4 Å². The first-order chi connectivity index (χ1) is 19.5. The third-order valence-corrected chi connectivity index (χ3v) is 6.23. The van der Waals surface area contributed by atoms with Crippen LogP contribution in [0, 0.1) is 12.8 Å². The van der Waals surface area contributed by atoms with Gasteiger partial charge in [0.1, 0.15) is 5.82 Å². The molecule has 10 nitrogen and oxygen atoms in total. The fourth-order valence-corrected chi connectivity index (χ4v) is 4.07. The molecule has 0 spiro atoms. The lowest BCUT2D eigenvalue weighted by Gasteiger charge is -2.33. The zero-order valence-electron chi connectivity index (χ0n) is 22.9. The Hall–Kier alpha value is -4.55. The third-order valence-electron chi connectivity index (χ3n) is 6.23. The molecule has 1 fully saturated rings. The van der Waals surface area contributed by atoms with Gasteiger partial charge in [-0.05, 0) is 43.5 Å². The zero-order chi connectivity index (χ0) is 30.0. The number of amides is 1. The lowest BCUT2D eigenvalue weighted by atomic mass is 9.97. The summed E-state index contributed by atoms with van der Waals surface area (Å²) in [5.41, 5.74) is 3.11. The van der Waals surface area contributed by atoms with Gasteiger partial charge in [-0.15, -0.1) is 0 Å². The molecule has 13 heteroatoms. The van der Waals surface area contributed by atoms with Crippen LogP contribution in [0.5, 0.6) is 11.5 Å². The van der Waals surface area contributed by atoms with Gasteiger partial charge in [-0.3, -0.25) is 4.79 Å². The van der Waals surface area contributed by atoms with Crippen molar-refractivity contribution in [1.29, 1.82) is 0 Å². The minimum Gasteiger partial charge on any atom is -0.493 e. The molecule has 4 rings (SSSR count). The molecule has 1 atom stereocenters. The minimum absolute atomic E-state index is 0.0728. The number of nitrogens with zero attached hydrogens (tertiary/aromatic N) is 3. The Labute approximate surface area is 235 Å². The number of hydrogen-bond acceptors (Lipinski definition) is 8. The van der Waals surface area contributed by atoms with Gasteiger partial charge in [0.2, 0.25) is 11.9 Å². The highest BCUT2D eigenvalue weighted by Gasteiger charge is 2.38. The van der Waals surface area contributed by atoms with Gasteiger partial charge in [0.15, 0.2) is 11.5 Å². The molecule has 0 radical (unpaired) electrons. The number of rotatable bonds is 8. The summed E-state index contributed by atoms with van der Waals surface area (Å²) in [6.07, 6.45) is -1.55. The van der Waals surface area contributed by atoms with Crippen molar-refractivity contribution in [3.8, 4) is 11.5 Å². The summed E-state index contributed by atoms with van der Waals surface area (Å²) in [4.78, 5) is 32.9. The van der Waals surface area contributed by atoms with E-state index in [-0.39, 0.29) is 11.8 Å². The van der Waals surface area contributed by atoms with E-state index in [2.05, 4.69) is 56.7 Å². The summed E-state index contributed by atoms with van der Waals surface area (Å²) >= 11 is 0. The van der Waals surface area contributed by atoms with Crippen molar-refractivity contribution < 1.29 is 37.3 Å². The van der Waals surface area contributed by atoms with Crippen LogP contribution in [0.15, 0.2) is 54.7 Å². The number of nitrogens with one attached hydrogen (secondary N) is 2. The molecular weight excluding hydrogens is 543 g/mol. The average molecular weight is 576 g/mol. The normalized spacial score (nSPS) is 14.8. The second-order valence-electron chi connectivity index (χ2n) is 9.22. The van der Waals surface area contributed by atoms with E-state index in [0.29, 0.717) is 30.5 Å². The molecule has 220 valence electrons. The smallest absolute Gasteiger partial charge is 0.490 e. The molecule has 3 N–H and O–H groups in total. The lowest BCUT2D eigenvalue weighted by molar-refractivity contribution is -0.192. The number of methoxy groups -OCH3 is 2. The summed E-state index contributed by atoms with van der Waals surface area (Å²) in [5, 5.41) is 13.4. The summed E-state index contributed by atoms with van der Waals surface area (Å²) in [6.45, 7) is 4.09. The Morgan fingerprint density at radius 2 is 1.76 bits per heavy atom. The zero-order valence-corrected chi connectivity index (χ0v) is 22.9. The maximum Gasteiger partial charge on any atom is 0.490 e. The molecular formula is C28H32F3N5O5. The predicted octanol–water partition coefficient (Wildman–Crippen LogP) is 4.71. The second kappa shape index (κ2) is 14.2. The molecule has 0 aliphatic carbocycles. The highest BCUT2D eigenvalue weighted by atomic mass is 19.4. The van der Waals surface area contributed by atoms with E-state index in [1.807, 2.05) is 24.3 Å². The number of aromatic nitrogens is 2. The van der Waals surface area contributed by atoms with Crippen LogP contribution in [0.25, 0.3) is 0 Å². The number of alkyl halides is 3. The maximum absolute atomic E-state index is 12.8. The summed E-state index contributed by atoms with van der Waals surface area (Å²) in [6, 6.07) is 15.7. The number of carbonyl (C=O) groups is 2. The van der Waals surface area contributed by atoms with Gasteiger partial charge in [0, 0.05) is 37.6 Å². The molecule has 2 aromatic carbocycles. The van der Waals surface area contributed by atoms with Crippen molar-refractivity contribution in [2.24, 2.45) is 5.92 Å². The largest absolute Gasteiger partial charge is 0.493 e. The van der Waals surface area contributed by atoms with Crippen molar-refractivity contribution in [3.05, 3.63) is 65.9 Å². The molecule has 2 heterocycles. The summed E-state index contributed by atoms with van der Waals surface area (Å²) < 4.78 is 42.4. The lowest BCUT2D eigenvalue weighted by Crippen LogP contribution is -2.43. The van der Waals surface area contributed by atoms with Gasteiger partial charge >= 0.3 is 12.1 Å². The van der Waals surface area contributed by atoms with Gasteiger partial charge in [-0.2, -0.15) is 18.2 Å². The van der Waals surface area contributed by atoms with Crippen molar-refractivity contribution in [2.75, 3.05) is 37.5 Å². The van der Waals surface area contributed by atoms with Gasteiger partial charge in [0.25, 0.3) is 0 Å². The Balaban J connectivity index is 0.000000587. The van der Waals surface area contributed by atoms with E-state index in [1.54, 1.807) is 20.4 Å². The topological polar surface area (TPSA) is 126 Å². The Morgan fingerprint density at radius 3 is 2.39 bits per heavy atom. The number of ether oxygens (including phenoxy) is 2. The molecule has 1 aromatic heterocycles. The first-order valence-electron chi connectivity index (χ1n) is 12.7. The van der Waals surface area contributed by atoms with E-state index < -0.39 is 12.1 Å². The maximum atomic E-state index is 12.8. The molecule has 1 amide bonds. The standard InChI is InChI=1S/C26H31N5O3.C2HF3O2/c1-18-6-8-19(9-7-18)16-28-25(32)20-5-4-14-31(17-20)24-12-13-27-26(30-24)29-21-10-11-22(33-2)23(15-21)34-3;3-2(4,5)1(6)7/h6-13,15,20H,4-5,14,16-17H2,1-3H3,(H,28,32)(H,27,29,30);(H,6,7)/t20-;/m0./s1. The number of anilines is 3. The Kier molecular flexibility index (Phi) is 10.7. The SMILES string of the molecule is COc1ccc(Nc2nccc(N3CCC[C@H](C(=O)NCc4ccc(C)cc4)C3)n2)cc1OC.O=C(O)C(F)(F)F. The number of benzene rings is 2. The molecule has 0 unspecified atom stereocenters. The summed E-state index contributed by atoms with van der Waals surface area (Å²) in [7, 11) is 3.20. The molecule has 3 aromatic rings. The number of hydrogen-bond donors (Lipinski definition) is 3. The van der Waals surface area contributed by atoms with E-state index in [1.165, 1.54) is 5.56 Å². The van der Waals surface area contributed by atoms with Crippen molar-refractivity contribution >= 4 is 29.3 Å². The van der Waals surface area contributed by atoms with E-state index in [4.69, 9.17) is 19.4 Å². The highest BCUT2D eigenvalue weighted by Crippen LogP contribution is 2.31. The molecule has 0 saturated carbocycles. The van der Waals surface area contributed by atoms with Gasteiger partial charge < -0.3 is 30.1 Å². The second-order valence-corrected chi connectivity index (χ2v) is 9.22. The number of aryl methyl sites for hydroxylation is 1. The monoisotopic (exact) mass is 575 g/mol. The van der Waals surface area contributed by atoms with Crippen molar-refractivity contribution in [3.63, 3.8) is 0 Å².